The fourth-order valence-electron chi connectivity index (χ4n) is 4.66. The first-order valence-electron chi connectivity index (χ1n) is 7.84. The monoisotopic (exact) mass is 309 g/mol. The van der Waals surface area contributed by atoms with Gasteiger partial charge >= 0.3 is 0 Å². The van der Waals surface area contributed by atoms with Crippen LogP contribution in [0.1, 0.15) is 74.7 Å². The third-order valence-corrected chi connectivity index (χ3v) is 5.05. The van der Waals surface area contributed by atoms with Gasteiger partial charge in [0.25, 0.3) is 0 Å². The Morgan fingerprint density at radius 2 is 1.76 bits per heavy atom. The molecule has 2 nitrogen and oxygen atoms in total. The van der Waals surface area contributed by atoms with Crippen LogP contribution >= 0.6 is 11.6 Å². The number of hydrogen-bond acceptors (Lipinski definition) is 1. The number of hydrogen-bond donors (Lipinski definition) is 0. The Kier molecular flexibility index (Phi) is 4.32. The molecular formula is C18H28ClNO. The van der Waals surface area contributed by atoms with E-state index in [4.69, 9.17) is 11.6 Å². The maximum Gasteiger partial charge on any atom is 0.179 e. The molecule has 1 fully saturated rings. The number of rotatable bonds is 3. The summed E-state index contributed by atoms with van der Waals surface area (Å²) in [6.45, 7) is 13.6. The van der Waals surface area contributed by atoms with Crippen molar-refractivity contribution in [2.24, 2.45) is 10.8 Å². The number of halogens is 1. The molecule has 2 rings (SSSR count). The van der Waals surface area contributed by atoms with Gasteiger partial charge in [-0.3, -0.25) is 4.79 Å². The van der Waals surface area contributed by atoms with Crippen LogP contribution in [0.3, 0.4) is 0 Å². The normalized spacial score (nSPS) is 21.5. The van der Waals surface area contributed by atoms with Crippen LogP contribution in [0.15, 0.2) is 6.07 Å². The van der Waals surface area contributed by atoms with E-state index in [0.29, 0.717) is 16.9 Å². The molecule has 0 spiro atoms. The third kappa shape index (κ3) is 3.36. The largest absolute Gasteiger partial charge is 0.345 e. The predicted octanol–water partition coefficient (Wildman–Crippen LogP) is 5.30. The van der Waals surface area contributed by atoms with Gasteiger partial charge in [-0.2, -0.15) is 0 Å². The Balaban J connectivity index is 2.42. The van der Waals surface area contributed by atoms with Gasteiger partial charge < -0.3 is 4.57 Å². The summed E-state index contributed by atoms with van der Waals surface area (Å²) in [7, 11) is 0. The number of nitrogens with zero attached hydrogens (tertiary/aromatic N) is 1. The molecule has 0 unspecified atom stereocenters. The molecule has 0 aromatic carbocycles. The Morgan fingerprint density at radius 1 is 1.24 bits per heavy atom. The van der Waals surface area contributed by atoms with Crippen LogP contribution in [0.4, 0.5) is 0 Å². The van der Waals surface area contributed by atoms with Crippen LogP contribution in [0.25, 0.3) is 0 Å². The van der Waals surface area contributed by atoms with Crippen molar-refractivity contribution in [2.75, 3.05) is 5.88 Å². The minimum atomic E-state index is 0.0327. The summed E-state index contributed by atoms with van der Waals surface area (Å²) >= 11 is 5.74. The number of ketones is 1. The minimum Gasteiger partial charge on any atom is -0.345 e. The van der Waals surface area contributed by atoms with Crippen molar-refractivity contribution < 1.29 is 4.79 Å². The fraction of sp³-hybridized carbons (Fsp3) is 0.722. The second kappa shape index (κ2) is 5.46. The Morgan fingerprint density at radius 3 is 2.24 bits per heavy atom. The molecular weight excluding hydrogens is 282 g/mol. The lowest BCUT2D eigenvalue weighted by Gasteiger charge is -2.46. The highest BCUT2D eigenvalue weighted by molar-refractivity contribution is 6.30. The molecule has 1 heterocycles. The zero-order valence-corrected chi connectivity index (χ0v) is 15.0. The van der Waals surface area contributed by atoms with Crippen molar-refractivity contribution in [3.8, 4) is 0 Å². The fourth-order valence-corrected chi connectivity index (χ4v) is 4.81. The topological polar surface area (TPSA) is 22.0 Å². The lowest BCUT2D eigenvalue weighted by molar-refractivity contribution is 0.0710. The van der Waals surface area contributed by atoms with Gasteiger partial charge in [0.05, 0.1) is 5.88 Å². The maximum atomic E-state index is 12.0. The van der Waals surface area contributed by atoms with Gasteiger partial charge in [0.2, 0.25) is 0 Å². The molecule has 3 heteroatoms. The van der Waals surface area contributed by atoms with Gasteiger partial charge in [-0.25, -0.2) is 0 Å². The minimum absolute atomic E-state index is 0.0327. The van der Waals surface area contributed by atoms with E-state index in [2.05, 4.69) is 46.1 Å². The van der Waals surface area contributed by atoms with Crippen LogP contribution in [-0.2, 0) is 0 Å². The number of aryl methyl sites for hydroxylation is 1. The molecule has 1 aliphatic rings. The first-order chi connectivity index (χ1) is 9.56. The van der Waals surface area contributed by atoms with Crippen LogP contribution in [0, 0.1) is 24.7 Å². The van der Waals surface area contributed by atoms with E-state index in [1.165, 1.54) is 25.0 Å². The summed E-state index contributed by atoms with van der Waals surface area (Å²) in [6, 6.07) is 2.48. The molecule has 1 saturated carbocycles. The lowest BCUT2D eigenvalue weighted by Crippen LogP contribution is -2.35. The summed E-state index contributed by atoms with van der Waals surface area (Å²) < 4.78 is 2.38. The zero-order chi connectivity index (χ0) is 16.0. The first kappa shape index (κ1) is 16.6. The number of carbonyl (C=O) groups excluding carboxylic acids is 1. The van der Waals surface area contributed by atoms with Crippen LogP contribution < -0.4 is 0 Å². The van der Waals surface area contributed by atoms with E-state index < -0.39 is 0 Å². The van der Waals surface area contributed by atoms with Gasteiger partial charge in [0, 0.05) is 23.0 Å². The molecule has 0 amide bonds. The second-order valence-electron chi connectivity index (χ2n) is 8.28. The summed E-state index contributed by atoms with van der Waals surface area (Å²) in [6.07, 6.45) is 3.59. The summed E-state index contributed by atoms with van der Waals surface area (Å²) in [5, 5.41) is 0. The van der Waals surface area contributed by atoms with Crippen molar-refractivity contribution in [1.29, 1.82) is 0 Å². The SMILES string of the molecule is Cc1cc(C(=O)CCl)c(C)n1C1CC(C)(C)CC(C)(C)C1. The van der Waals surface area contributed by atoms with Crippen molar-refractivity contribution in [2.45, 2.75) is 66.8 Å². The molecule has 0 N–H and O–H groups in total. The lowest BCUT2D eigenvalue weighted by atomic mass is 9.63. The van der Waals surface area contributed by atoms with E-state index in [1.54, 1.807) is 0 Å². The number of carbonyl (C=O) groups is 1. The Bertz CT molecular complexity index is 538. The Labute approximate surface area is 133 Å². The van der Waals surface area contributed by atoms with Crippen LogP contribution in [0.2, 0.25) is 0 Å². The second-order valence-corrected chi connectivity index (χ2v) is 8.55. The van der Waals surface area contributed by atoms with E-state index in [-0.39, 0.29) is 11.7 Å². The van der Waals surface area contributed by atoms with Gasteiger partial charge in [0.15, 0.2) is 5.78 Å². The first-order valence-corrected chi connectivity index (χ1v) is 8.37. The smallest absolute Gasteiger partial charge is 0.179 e. The molecule has 1 aliphatic carbocycles. The van der Waals surface area contributed by atoms with E-state index in [0.717, 1.165) is 11.3 Å². The highest BCUT2D eigenvalue weighted by atomic mass is 35.5. The van der Waals surface area contributed by atoms with E-state index in [9.17, 15) is 4.79 Å². The zero-order valence-electron chi connectivity index (χ0n) is 14.2. The maximum absolute atomic E-state index is 12.0. The summed E-state index contributed by atoms with van der Waals surface area (Å²) in [5.74, 6) is 0.0942. The van der Waals surface area contributed by atoms with Gasteiger partial charge in [-0.1, -0.05) is 27.7 Å². The highest BCUT2D eigenvalue weighted by Gasteiger charge is 2.39. The molecule has 0 atom stereocenters. The number of Topliss-reactive ketones (excluding diaryl/α,β-unsaturated/α-hetero) is 1. The summed E-state index contributed by atoms with van der Waals surface area (Å²) in [4.78, 5) is 12.0. The van der Waals surface area contributed by atoms with Gasteiger partial charge in [0.1, 0.15) is 0 Å². The molecule has 0 saturated heterocycles. The van der Waals surface area contributed by atoms with Crippen molar-refractivity contribution in [3.05, 3.63) is 23.0 Å². The molecule has 1 aromatic heterocycles. The predicted molar refractivity (Wildman–Crippen MR) is 89.4 cm³/mol. The average Bonchev–Trinajstić information content (AvgIpc) is 2.59. The molecule has 0 aliphatic heterocycles. The highest BCUT2D eigenvalue weighted by Crippen LogP contribution is 2.50. The van der Waals surface area contributed by atoms with Crippen molar-refractivity contribution in [1.82, 2.24) is 4.57 Å². The van der Waals surface area contributed by atoms with E-state index in [1.807, 2.05) is 6.07 Å². The molecule has 0 bridgehead atoms. The molecule has 118 valence electrons. The summed E-state index contributed by atoms with van der Waals surface area (Å²) in [5.41, 5.74) is 3.73. The van der Waals surface area contributed by atoms with Crippen molar-refractivity contribution >= 4 is 17.4 Å². The molecule has 0 radical (unpaired) electrons. The number of alkyl halides is 1. The number of aromatic nitrogens is 1. The average molecular weight is 310 g/mol. The third-order valence-electron chi connectivity index (χ3n) is 4.80. The van der Waals surface area contributed by atoms with E-state index >= 15 is 0 Å². The van der Waals surface area contributed by atoms with Crippen LogP contribution in [-0.4, -0.2) is 16.2 Å². The molecule has 21 heavy (non-hydrogen) atoms. The van der Waals surface area contributed by atoms with Gasteiger partial charge in [-0.15, -0.1) is 11.6 Å². The van der Waals surface area contributed by atoms with Crippen molar-refractivity contribution in [3.63, 3.8) is 0 Å². The quantitative estimate of drug-likeness (QED) is 0.548. The van der Waals surface area contributed by atoms with Crippen LogP contribution in [0.5, 0.6) is 0 Å². The molecule has 1 aromatic rings. The standard InChI is InChI=1S/C18H28ClNO/c1-12-7-15(16(21)10-19)13(2)20(12)14-8-17(3,4)11-18(5,6)9-14/h7,14H,8-11H2,1-6H3. The Hall–Kier alpha value is -0.760. The van der Waals surface area contributed by atoms with Gasteiger partial charge in [-0.05, 0) is 50.0 Å².